The Morgan fingerprint density at radius 1 is 1.12 bits per heavy atom. The van der Waals surface area contributed by atoms with Crippen molar-refractivity contribution in [3.8, 4) is 0 Å². The molecule has 0 bridgehead atoms. The number of rotatable bonds is 3. The molecule has 0 unspecified atom stereocenters. The van der Waals surface area contributed by atoms with Crippen LogP contribution in [0.3, 0.4) is 0 Å². The van der Waals surface area contributed by atoms with Gasteiger partial charge in [0.25, 0.3) is 0 Å². The zero-order valence-corrected chi connectivity index (χ0v) is 10.5. The highest BCUT2D eigenvalue weighted by atomic mass is 79.9. The fourth-order valence-electron chi connectivity index (χ4n) is 1.29. The molecule has 0 saturated carbocycles. The molecule has 2 nitrogen and oxygen atoms in total. The van der Waals surface area contributed by atoms with Gasteiger partial charge in [0.1, 0.15) is 5.82 Å². The molecule has 0 spiro atoms. The summed E-state index contributed by atoms with van der Waals surface area (Å²) in [7, 11) is 0. The zero-order valence-electron chi connectivity index (χ0n) is 8.90. The second-order valence-electron chi connectivity index (χ2n) is 3.41. The summed E-state index contributed by atoms with van der Waals surface area (Å²) in [4.78, 5) is 0. The zero-order chi connectivity index (χ0) is 12.1. The normalized spacial score (nSPS) is 10.7. The van der Waals surface area contributed by atoms with Crippen molar-refractivity contribution in [1.29, 1.82) is 0 Å². The third-order valence-corrected chi connectivity index (χ3v) is 2.73. The number of hydrogen-bond donors (Lipinski definition) is 1. The van der Waals surface area contributed by atoms with E-state index in [0.717, 1.165) is 11.3 Å². The Hall–Kier alpha value is -1.68. The smallest absolute Gasteiger partial charge is 0.137 e. The van der Waals surface area contributed by atoms with Gasteiger partial charge in [-0.1, -0.05) is 24.3 Å². The number of hydrazone groups is 1. The van der Waals surface area contributed by atoms with Gasteiger partial charge in [-0.2, -0.15) is 5.10 Å². The van der Waals surface area contributed by atoms with Crippen LogP contribution < -0.4 is 5.43 Å². The molecule has 2 aromatic carbocycles. The third-order valence-electron chi connectivity index (χ3n) is 2.12. The molecule has 0 aliphatic heterocycles. The first-order valence-corrected chi connectivity index (χ1v) is 5.84. The Kier molecular flexibility index (Phi) is 3.88. The first-order valence-electron chi connectivity index (χ1n) is 5.05. The molecule has 17 heavy (non-hydrogen) atoms. The number of hydrogen-bond acceptors (Lipinski definition) is 2. The standard InChI is InChI=1S/C13H10BrFN2/c14-12-8-10(6-7-13(12)15)9-16-17-11-4-2-1-3-5-11/h1-9,17H/b16-9-. The van der Waals surface area contributed by atoms with Crippen molar-refractivity contribution in [2.45, 2.75) is 0 Å². The molecule has 0 fully saturated rings. The van der Waals surface area contributed by atoms with Crippen LogP contribution in [0.15, 0.2) is 58.1 Å². The number of halogens is 2. The van der Waals surface area contributed by atoms with Crippen LogP contribution in [0.1, 0.15) is 5.56 Å². The van der Waals surface area contributed by atoms with Gasteiger partial charge in [-0.3, -0.25) is 5.43 Å². The van der Waals surface area contributed by atoms with E-state index in [1.165, 1.54) is 6.07 Å². The van der Waals surface area contributed by atoms with E-state index in [1.807, 2.05) is 30.3 Å². The molecule has 0 atom stereocenters. The van der Waals surface area contributed by atoms with E-state index in [9.17, 15) is 4.39 Å². The molecule has 0 radical (unpaired) electrons. The van der Waals surface area contributed by atoms with Gasteiger partial charge in [0, 0.05) is 0 Å². The SMILES string of the molecule is Fc1ccc(/C=N\Nc2ccccc2)cc1Br. The first-order chi connectivity index (χ1) is 8.25. The minimum atomic E-state index is -0.279. The molecule has 0 heterocycles. The van der Waals surface area contributed by atoms with Crippen molar-refractivity contribution >= 4 is 27.8 Å². The lowest BCUT2D eigenvalue weighted by molar-refractivity contribution is 0.621. The number of nitrogens with zero attached hydrogens (tertiary/aromatic N) is 1. The van der Waals surface area contributed by atoms with E-state index in [1.54, 1.807) is 18.3 Å². The Balaban J connectivity index is 2.03. The van der Waals surface area contributed by atoms with Crippen LogP contribution in [0.5, 0.6) is 0 Å². The van der Waals surface area contributed by atoms with E-state index in [2.05, 4.69) is 26.5 Å². The van der Waals surface area contributed by atoms with Gasteiger partial charge in [-0.15, -0.1) is 0 Å². The van der Waals surface area contributed by atoms with Crippen LogP contribution in [0.25, 0.3) is 0 Å². The fraction of sp³-hybridized carbons (Fsp3) is 0. The quantitative estimate of drug-likeness (QED) is 0.670. The minimum absolute atomic E-state index is 0.279. The van der Waals surface area contributed by atoms with Crippen LogP contribution in [0, 0.1) is 5.82 Å². The highest BCUT2D eigenvalue weighted by molar-refractivity contribution is 9.10. The molecule has 4 heteroatoms. The van der Waals surface area contributed by atoms with Gasteiger partial charge < -0.3 is 0 Å². The van der Waals surface area contributed by atoms with Crippen molar-refractivity contribution in [3.05, 3.63) is 64.4 Å². The van der Waals surface area contributed by atoms with Crippen LogP contribution in [-0.4, -0.2) is 6.21 Å². The maximum Gasteiger partial charge on any atom is 0.137 e. The molecule has 0 amide bonds. The molecule has 0 aliphatic carbocycles. The van der Waals surface area contributed by atoms with E-state index in [0.29, 0.717) is 4.47 Å². The van der Waals surface area contributed by atoms with E-state index < -0.39 is 0 Å². The molecule has 86 valence electrons. The first kappa shape index (κ1) is 11.8. The average Bonchev–Trinajstić information content (AvgIpc) is 2.35. The van der Waals surface area contributed by atoms with Gasteiger partial charge in [0.05, 0.1) is 16.4 Å². The summed E-state index contributed by atoms with van der Waals surface area (Å²) in [6.07, 6.45) is 1.64. The maximum absolute atomic E-state index is 13.0. The highest BCUT2D eigenvalue weighted by Gasteiger charge is 1.97. The number of para-hydroxylation sites is 1. The number of nitrogens with one attached hydrogen (secondary N) is 1. The summed E-state index contributed by atoms with van der Waals surface area (Å²) in [5, 5.41) is 4.06. The third kappa shape index (κ3) is 3.39. The Bertz CT molecular complexity index is 526. The van der Waals surface area contributed by atoms with Gasteiger partial charge in [-0.25, -0.2) is 4.39 Å². The van der Waals surface area contributed by atoms with E-state index >= 15 is 0 Å². The molecular formula is C13H10BrFN2. The predicted molar refractivity (Wildman–Crippen MR) is 71.8 cm³/mol. The summed E-state index contributed by atoms with van der Waals surface area (Å²) >= 11 is 3.13. The molecule has 0 aliphatic rings. The lowest BCUT2D eigenvalue weighted by Gasteiger charge is -1.99. The lowest BCUT2D eigenvalue weighted by atomic mass is 10.2. The maximum atomic E-state index is 13.0. The predicted octanol–water partition coefficient (Wildman–Crippen LogP) is 4.03. The van der Waals surface area contributed by atoms with Crippen molar-refractivity contribution < 1.29 is 4.39 Å². The summed E-state index contributed by atoms with van der Waals surface area (Å²) in [6.45, 7) is 0. The summed E-state index contributed by atoms with van der Waals surface area (Å²) in [6, 6.07) is 14.3. The van der Waals surface area contributed by atoms with Crippen molar-refractivity contribution in [2.75, 3.05) is 5.43 Å². The van der Waals surface area contributed by atoms with E-state index in [4.69, 9.17) is 0 Å². The Labute approximate surface area is 107 Å². The van der Waals surface area contributed by atoms with Crippen molar-refractivity contribution in [3.63, 3.8) is 0 Å². The Morgan fingerprint density at radius 3 is 2.59 bits per heavy atom. The second-order valence-corrected chi connectivity index (χ2v) is 4.26. The summed E-state index contributed by atoms with van der Waals surface area (Å²) in [5.74, 6) is -0.279. The van der Waals surface area contributed by atoms with Gasteiger partial charge >= 0.3 is 0 Å². The highest BCUT2D eigenvalue weighted by Crippen LogP contribution is 2.15. The van der Waals surface area contributed by atoms with Crippen LogP contribution in [0.4, 0.5) is 10.1 Å². The molecule has 0 saturated heterocycles. The molecule has 2 aromatic rings. The molecular weight excluding hydrogens is 283 g/mol. The summed E-state index contributed by atoms with van der Waals surface area (Å²) < 4.78 is 13.4. The van der Waals surface area contributed by atoms with Gasteiger partial charge in [-0.05, 0) is 45.8 Å². The topological polar surface area (TPSA) is 24.4 Å². The van der Waals surface area contributed by atoms with Crippen molar-refractivity contribution in [1.82, 2.24) is 0 Å². The largest absolute Gasteiger partial charge is 0.279 e. The van der Waals surface area contributed by atoms with Crippen LogP contribution in [-0.2, 0) is 0 Å². The summed E-state index contributed by atoms with van der Waals surface area (Å²) in [5.41, 5.74) is 4.62. The van der Waals surface area contributed by atoms with Crippen LogP contribution >= 0.6 is 15.9 Å². The lowest BCUT2D eigenvalue weighted by Crippen LogP contribution is -1.90. The van der Waals surface area contributed by atoms with E-state index in [-0.39, 0.29) is 5.82 Å². The minimum Gasteiger partial charge on any atom is -0.279 e. The molecule has 2 rings (SSSR count). The second kappa shape index (κ2) is 5.59. The Morgan fingerprint density at radius 2 is 1.88 bits per heavy atom. The van der Waals surface area contributed by atoms with Gasteiger partial charge in [0.2, 0.25) is 0 Å². The van der Waals surface area contributed by atoms with Gasteiger partial charge in [0.15, 0.2) is 0 Å². The molecule has 1 N–H and O–H groups in total. The van der Waals surface area contributed by atoms with Crippen molar-refractivity contribution in [2.24, 2.45) is 5.10 Å². The number of anilines is 1. The monoisotopic (exact) mass is 292 g/mol. The number of benzene rings is 2. The van der Waals surface area contributed by atoms with Crippen LogP contribution in [0.2, 0.25) is 0 Å². The fourth-order valence-corrected chi connectivity index (χ4v) is 1.68. The average molecular weight is 293 g/mol. The molecule has 0 aromatic heterocycles.